The number of benzene rings is 3. The number of nitrogens with one attached hydrogen (secondary N) is 1. The van der Waals surface area contributed by atoms with Gasteiger partial charge in [0.25, 0.3) is 0 Å². The number of anilines is 3. The lowest BCUT2D eigenvalue weighted by Gasteiger charge is -2.25. The van der Waals surface area contributed by atoms with Gasteiger partial charge in [0, 0.05) is 11.3 Å². The van der Waals surface area contributed by atoms with Gasteiger partial charge in [-0.25, -0.2) is 4.79 Å². The van der Waals surface area contributed by atoms with Gasteiger partial charge in [-0.2, -0.15) is 13.2 Å². The number of alkyl halides is 3. The van der Waals surface area contributed by atoms with E-state index in [-0.39, 0.29) is 12.2 Å². The third kappa shape index (κ3) is 5.30. The second-order valence-corrected chi connectivity index (χ2v) is 7.24. The molecule has 0 fully saturated rings. The number of halogens is 4. The SMILES string of the molecule is NC(=O)c1ccc(CN(C(=O)Nc2ccc(Cl)c(C(F)(F)F)c2)c2ccccc2N)cc1. The van der Waals surface area contributed by atoms with Gasteiger partial charge in [0.2, 0.25) is 5.91 Å². The number of carbonyl (C=O) groups is 2. The monoisotopic (exact) mass is 462 g/mol. The molecular formula is C22H18ClF3N4O2. The molecule has 0 atom stereocenters. The predicted octanol–water partition coefficient (Wildman–Crippen LogP) is 5.28. The molecule has 0 saturated heterocycles. The smallest absolute Gasteiger partial charge is 0.397 e. The van der Waals surface area contributed by atoms with Gasteiger partial charge in [0.05, 0.1) is 28.5 Å². The molecule has 10 heteroatoms. The highest BCUT2D eigenvalue weighted by atomic mass is 35.5. The van der Waals surface area contributed by atoms with Gasteiger partial charge in [-0.1, -0.05) is 35.9 Å². The third-order valence-corrected chi connectivity index (χ3v) is 4.90. The minimum Gasteiger partial charge on any atom is -0.397 e. The molecule has 6 nitrogen and oxygen atoms in total. The predicted molar refractivity (Wildman–Crippen MR) is 117 cm³/mol. The normalized spacial score (nSPS) is 11.1. The van der Waals surface area contributed by atoms with Gasteiger partial charge in [0.1, 0.15) is 0 Å². The molecule has 0 radical (unpaired) electrons. The number of carbonyl (C=O) groups excluding carboxylic acids is 2. The second-order valence-electron chi connectivity index (χ2n) is 6.83. The maximum atomic E-state index is 13.2. The number of primary amides is 1. The minimum atomic E-state index is -4.68. The Morgan fingerprint density at radius 3 is 2.25 bits per heavy atom. The molecule has 0 saturated carbocycles. The average molecular weight is 463 g/mol. The largest absolute Gasteiger partial charge is 0.417 e. The average Bonchev–Trinajstić information content (AvgIpc) is 2.73. The van der Waals surface area contributed by atoms with E-state index in [1.54, 1.807) is 36.4 Å². The quantitative estimate of drug-likeness (QED) is 0.449. The fourth-order valence-corrected chi connectivity index (χ4v) is 3.19. The van der Waals surface area contributed by atoms with Crippen molar-refractivity contribution >= 4 is 40.6 Å². The van der Waals surface area contributed by atoms with Crippen LogP contribution in [0.3, 0.4) is 0 Å². The van der Waals surface area contributed by atoms with Crippen LogP contribution < -0.4 is 21.7 Å². The standard InChI is InChI=1S/C22H18ClF3N4O2/c23-17-10-9-15(11-16(17)22(24,25)26)29-21(32)30(19-4-2-1-3-18(19)27)12-13-5-7-14(8-6-13)20(28)31/h1-11H,12,27H2,(H2,28,31)(H,29,32). The number of nitrogens with zero attached hydrogens (tertiary/aromatic N) is 1. The lowest BCUT2D eigenvalue weighted by Crippen LogP contribution is -2.35. The van der Waals surface area contributed by atoms with Crippen molar-refractivity contribution in [2.75, 3.05) is 16.0 Å². The van der Waals surface area contributed by atoms with Crippen LogP contribution in [-0.4, -0.2) is 11.9 Å². The first-order valence-electron chi connectivity index (χ1n) is 9.25. The van der Waals surface area contributed by atoms with Gasteiger partial charge in [-0.15, -0.1) is 0 Å². The zero-order chi connectivity index (χ0) is 23.5. The number of hydrogen-bond donors (Lipinski definition) is 3. The maximum Gasteiger partial charge on any atom is 0.417 e. The van der Waals surface area contributed by atoms with Crippen LogP contribution in [0.1, 0.15) is 21.5 Å². The van der Waals surface area contributed by atoms with E-state index in [2.05, 4.69) is 5.32 Å². The molecule has 0 heterocycles. The number of para-hydroxylation sites is 2. The summed E-state index contributed by atoms with van der Waals surface area (Å²) in [5, 5.41) is 1.98. The van der Waals surface area contributed by atoms with Crippen molar-refractivity contribution in [2.24, 2.45) is 5.73 Å². The van der Waals surface area contributed by atoms with E-state index < -0.39 is 28.7 Å². The Kier molecular flexibility index (Phi) is 6.59. The lowest BCUT2D eigenvalue weighted by molar-refractivity contribution is -0.137. The van der Waals surface area contributed by atoms with Crippen LogP contribution in [-0.2, 0) is 12.7 Å². The zero-order valence-corrected chi connectivity index (χ0v) is 17.2. The van der Waals surface area contributed by atoms with Crippen molar-refractivity contribution < 1.29 is 22.8 Å². The molecule has 0 aliphatic heterocycles. The molecule has 5 N–H and O–H groups in total. The maximum absolute atomic E-state index is 13.2. The van der Waals surface area contributed by atoms with E-state index >= 15 is 0 Å². The Hall–Kier alpha value is -3.72. The molecule has 166 valence electrons. The summed E-state index contributed by atoms with van der Waals surface area (Å²) in [5.74, 6) is -0.596. The first-order chi connectivity index (χ1) is 15.1. The topological polar surface area (TPSA) is 101 Å². The van der Waals surface area contributed by atoms with Crippen LogP contribution in [0.2, 0.25) is 5.02 Å². The Morgan fingerprint density at radius 2 is 1.66 bits per heavy atom. The van der Waals surface area contributed by atoms with Crippen molar-refractivity contribution in [3.05, 3.63) is 88.4 Å². The summed E-state index contributed by atoms with van der Waals surface area (Å²) < 4.78 is 39.5. The number of nitrogens with two attached hydrogens (primary N) is 2. The molecule has 0 spiro atoms. The van der Waals surface area contributed by atoms with E-state index in [1.807, 2.05) is 0 Å². The molecule has 3 amide bonds. The molecule has 3 aromatic rings. The van der Waals surface area contributed by atoms with Crippen LogP contribution in [0.25, 0.3) is 0 Å². The van der Waals surface area contributed by atoms with E-state index in [0.717, 1.165) is 12.1 Å². The van der Waals surface area contributed by atoms with Gasteiger partial charge in [-0.3, -0.25) is 9.69 Å². The van der Waals surface area contributed by atoms with Crippen molar-refractivity contribution in [2.45, 2.75) is 12.7 Å². The molecule has 0 aromatic heterocycles. The highest BCUT2D eigenvalue weighted by molar-refractivity contribution is 6.31. The van der Waals surface area contributed by atoms with E-state index in [1.165, 1.54) is 23.1 Å². The highest BCUT2D eigenvalue weighted by Gasteiger charge is 2.33. The summed E-state index contributed by atoms with van der Waals surface area (Å²) in [5.41, 5.74) is 11.7. The summed E-state index contributed by atoms with van der Waals surface area (Å²) in [6, 6.07) is 15.2. The van der Waals surface area contributed by atoms with Gasteiger partial charge >= 0.3 is 12.2 Å². The van der Waals surface area contributed by atoms with Crippen LogP contribution in [0.4, 0.5) is 35.0 Å². The highest BCUT2D eigenvalue weighted by Crippen LogP contribution is 2.36. The number of rotatable bonds is 5. The Balaban J connectivity index is 1.92. The number of urea groups is 1. The van der Waals surface area contributed by atoms with E-state index in [9.17, 15) is 22.8 Å². The minimum absolute atomic E-state index is 0.0266. The lowest BCUT2D eigenvalue weighted by atomic mass is 10.1. The van der Waals surface area contributed by atoms with Crippen LogP contribution in [0.15, 0.2) is 66.7 Å². The Bertz CT molecular complexity index is 1150. The first-order valence-corrected chi connectivity index (χ1v) is 9.62. The van der Waals surface area contributed by atoms with E-state index in [0.29, 0.717) is 22.5 Å². The fraction of sp³-hybridized carbons (Fsp3) is 0.0909. The van der Waals surface area contributed by atoms with Crippen molar-refractivity contribution in [1.29, 1.82) is 0 Å². The summed E-state index contributed by atoms with van der Waals surface area (Å²) in [7, 11) is 0. The zero-order valence-electron chi connectivity index (χ0n) is 16.5. The molecule has 3 aromatic carbocycles. The summed E-state index contributed by atoms with van der Waals surface area (Å²) >= 11 is 5.65. The number of nitrogen functional groups attached to an aromatic ring is 1. The second kappa shape index (κ2) is 9.19. The fourth-order valence-electron chi connectivity index (χ4n) is 2.97. The Labute approximate surface area is 186 Å². The summed E-state index contributed by atoms with van der Waals surface area (Å²) in [6.45, 7) is 0.0266. The first kappa shape index (κ1) is 23.0. The molecule has 3 rings (SSSR count). The van der Waals surface area contributed by atoms with Crippen LogP contribution >= 0.6 is 11.6 Å². The van der Waals surface area contributed by atoms with Gasteiger partial charge in [0.15, 0.2) is 0 Å². The van der Waals surface area contributed by atoms with Crippen LogP contribution in [0, 0.1) is 0 Å². The van der Waals surface area contributed by atoms with Crippen LogP contribution in [0.5, 0.6) is 0 Å². The van der Waals surface area contributed by atoms with Gasteiger partial charge < -0.3 is 16.8 Å². The summed E-state index contributed by atoms with van der Waals surface area (Å²) in [4.78, 5) is 25.6. The van der Waals surface area contributed by atoms with Crippen molar-refractivity contribution in [3.63, 3.8) is 0 Å². The molecule has 0 aliphatic rings. The summed E-state index contributed by atoms with van der Waals surface area (Å²) in [6.07, 6.45) is -4.68. The third-order valence-electron chi connectivity index (χ3n) is 4.57. The van der Waals surface area contributed by atoms with Crippen molar-refractivity contribution in [1.82, 2.24) is 0 Å². The van der Waals surface area contributed by atoms with E-state index in [4.69, 9.17) is 23.1 Å². The Morgan fingerprint density at radius 1 is 1.00 bits per heavy atom. The molecule has 32 heavy (non-hydrogen) atoms. The number of hydrogen-bond acceptors (Lipinski definition) is 3. The molecule has 0 bridgehead atoms. The molecular weight excluding hydrogens is 445 g/mol. The molecule has 0 unspecified atom stereocenters. The van der Waals surface area contributed by atoms with Gasteiger partial charge in [-0.05, 0) is 48.0 Å². The van der Waals surface area contributed by atoms with Crippen molar-refractivity contribution in [3.8, 4) is 0 Å². The number of amides is 3. The molecule has 0 aliphatic carbocycles.